The zero-order chi connectivity index (χ0) is 14.7. The molecule has 0 radical (unpaired) electrons. The first-order chi connectivity index (χ1) is 10.2. The van der Waals surface area contributed by atoms with Crippen LogP contribution in [0.4, 0.5) is 0 Å². The number of fused-ring (bicyclic) bond motifs is 1. The van der Waals surface area contributed by atoms with Gasteiger partial charge in [0.1, 0.15) is 17.6 Å². The van der Waals surface area contributed by atoms with Crippen molar-refractivity contribution in [3.05, 3.63) is 59.2 Å². The van der Waals surface area contributed by atoms with Crippen LogP contribution in [0.3, 0.4) is 0 Å². The van der Waals surface area contributed by atoms with E-state index < -0.39 is 0 Å². The number of hydrogen-bond donors (Lipinski definition) is 2. The lowest BCUT2D eigenvalue weighted by atomic mass is 9.98. The first-order valence-corrected chi connectivity index (χ1v) is 6.94. The van der Waals surface area contributed by atoms with Crippen molar-refractivity contribution in [2.45, 2.75) is 12.5 Å². The fourth-order valence-electron chi connectivity index (χ4n) is 2.57. The number of phenolic OH excluding ortho intramolecular Hbond substituents is 2. The highest BCUT2D eigenvalue weighted by Crippen LogP contribution is 2.27. The average Bonchev–Trinajstić information content (AvgIpc) is 2.46. The molecule has 4 nitrogen and oxygen atoms in total. The van der Waals surface area contributed by atoms with Crippen LogP contribution >= 0.6 is 0 Å². The van der Waals surface area contributed by atoms with Gasteiger partial charge in [0.05, 0.1) is 13.2 Å². The van der Waals surface area contributed by atoms with Crippen LogP contribution < -0.4 is 0 Å². The minimum absolute atomic E-state index is 0.0238. The first kappa shape index (κ1) is 13.6. The molecule has 0 aliphatic carbocycles. The summed E-state index contributed by atoms with van der Waals surface area (Å²) in [5.41, 5.74) is 3.18. The van der Waals surface area contributed by atoms with Crippen molar-refractivity contribution in [3.63, 3.8) is 0 Å². The number of ether oxygens (including phenoxy) is 1. The lowest BCUT2D eigenvalue weighted by Crippen LogP contribution is -2.18. The van der Waals surface area contributed by atoms with Crippen LogP contribution in [-0.2, 0) is 11.2 Å². The summed E-state index contributed by atoms with van der Waals surface area (Å²) in [5, 5.41) is 18.9. The van der Waals surface area contributed by atoms with Gasteiger partial charge >= 0.3 is 0 Å². The van der Waals surface area contributed by atoms with Crippen LogP contribution in [0, 0.1) is 0 Å². The Kier molecular flexibility index (Phi) is 3.88. The fraction of sp³-hybridized carbons (Fsp3) is 0.235. The van der Waals surface area contributed by atoms with E-state index in [1.54, 1.807) is 18.3 Å². The Morgan fingerprint density at radius 2 is 1.90 bits per heavy atom. The average molecular weight is 283 g/mol. The third-order valence-corrected chi connectivity index (χ3v) is 3.53. The van der Waals surface area contributed by atoms with E-state index in [0.717, 1.165) is 6.42 Å². The van der Waals surface area contributed by atoms with Crippen LogP contribution in [0.2, 0.25) is 0 Å². The molecule has 3 rings (SSSR count). The topological polar surface area (TPSA) is 62.0 Å². The molecule has 0 saturated carbocycles. The van der Waals surface area contributed by atoms with Crippen molar-refractivity contribution in [1.82, 2.24) is 0 Å². The second-order valence-electron chi connectivity index (χ2n) is 5.09. The molecular weight excluding hydrogens is 266 g/mol. The van der Waals surface area contributed by atoms with Gasteiger partial charge in [0.25, 0.3) is 0 Å². The Labute approximate surface area is 123 Å². The summed E-state index contributed by atoms with van der Waals surface area (Å²) in [5.74, 6) is 0.0476. The van der Waals surface area contributed by atoms with Crippen molar-refractivity contribution in [1.29, 1.82) is 0 Å². The lowest BCUT2D eigenvalue weighted by Gasteiger charge is -2.24. The van der Waals surface area contributed by atoms with Crippen molar-refractivity contribution in [2.75, 3.05) is 13.2 Å². The summed E-state index contributed by atoms with van der Waals surface area (Å²) < 4.78 is 5.78. The molecule has 0 spiro atoms. The standard InChI is InChI=1S/C17H17NO3/c19-14-7-12(8-15(20)9-14)10-18-11-17-16-4-2-1-3-13(16)5-6-21-17/h1-4,7-10,17,19-20H,5-6,11H2/t17-/m1/s1. The summed E-state index contributed by atoms with van der Waals surface area (Å²) in [4.78, 5) is 4.37. The number of rotatable bonds is 3. The monoisotopic (exact) mass is 283 g/mol. The zero-order valence-electron chi connectivity index (χ0n) is 11.6. The Balaban J connectivity index is 1.72. The smallest absolute Gasteiger partial charge is 0.119 e. The third-order valence-electron chi connectivity index (χ3n) is 3.53. The maximum atomic E-state index is 9.43. The summed E-state index contributed by atoms with van der Waals surface area (Å²) >= 11 is 0. The summed E-state index contributed by atoms with van der Waals surface area (Å²) in [6.45, 7) is 1.23. The van der Waals surface area contributed by atoms with Crippen molar-refractivity contribution >= 4 is 6.21 Å². The van der Waals surface area contributed by atoms with Crippen molar-refractivity contribution in [3.8, 4) is 11.5 Å². The highest BCUT2D eigenvalue weighted by Gasteiger charge is 2.19. The normalized spacial score (nSPS) is 17.8. The lowest BCUT2D eigenvalue weighted by molar-refractivity contribution is 0.0489. The molecule has 0 unspecified atom stereocenters. The summed E-state index contributed by atoms with van der Waals surface area (Å²) in [6, 6.07) is 12.7. The number of aromatic hydroxyl groups is 2. The van der Waals surface area contributed by atoms with Crippen LogP contribution in [0.25, 0.3) is 0 Å². The Bertz CT molecular complexity index is 647. The van der Waals surface area contributed by atoms with Gasteiger partial charge in [0, 0.05) is 12.3 Å². The maximum absolute atomic E-state index is 9.43. The molecule has 4 heteroatoms. The summed E-state index contributed by atoms with van der Waals surface area (Å²) in [7, 11) is 0. The van der Waals surface area contributed by atoms with E-state index in [0.29, 0.717) is 18.7 Å². The van der Waals surface area contributed by atoms with Crippen LogP contribution in [0.1, 0.15) is 22.8 Å². The predicted molar refractivity (Wildman–Crippen MR) is 81.1 cm³/mol. The highest BCUT2D eigenvalue weighted by atomic mass is 16.5. The number of hydrogen-bond acceptors (Lipinski definition) is 4. The minimum atomic E-state index is -0.0305. The Morgan fingerprint density at radius 1 is 1.14 bits per heavy atom. The summed E-state index contributed by atoms with van der Waals surface area (Å²) in [6.07, 6.45) is 2.55. The van der Waals surface area contributed by atoms with Gasteiger partial charge in [0.2, 0.25) is 0 Å². The highest BCUT2D eigenvalue weighted by molar-refractivity contribution is 5.81. The second-order valence-corrected chi connectivity index (χ2v) is 5.09. The number of phenols is 2. The molecule has 0 fully saturated rings. The number of aliphatic imine (C=N–C) groups is 1. The van der Waals surface area contributed by atoms with Gasteiger partial charge in [-0.25, -0.2) is 0 Å². The zero-order valence-corrected chi connectivity index (χ0v) is 11.6. The predicted octanol–water partition coefficient (Wildman–Crippen LogP) is 2.83. The fourth-order valence-corrected chi connectivity index (χ4v) is 2.57. The van der Waals surface area contributed by atoms with Gasteiger partial charge < -0.3 is 14.9 Å². The van der Waals surface area contributed by atoms with E-state index in [9.17, 15) is 10.2 Å². The molecule has 1 aliphatic rings. The molecule has 1 aliphatic heterocycles. The van der Waals surface area contributed by atoms with E-state index in [1.807, 2.05) is 12.1 Å². The SMILES string of the molecule is Oc1cc(O)cc(C=NC[C@H]2OCCc3ccccc32)c1. The van der Waals surface area contributed by atoms with E-state index >= 15 is 0 Å². The van der Waals surface area contributed by atoms with Gasteiger partial charge in [0.15, 0.2) is 0 Å². The number of nitrogens with zero attached hydrogens (tertiary/aromatic N) is 1. The van der Waals surface area contributed by atoms with E-state index in [4.69, 9.17) is 4.74 Å². The molecule has 2 N–H and O–H groups in total. The molecular formula is C17H17NO3. The van der Waals surface area contributed by atoms with E-state index in [2.05, 4.69) is 17.1 Å². The second kappa shape index (κ2) is 5.97. The molecule has 0 saturated heterocycles. The van der Waals surface area contributed by atoms with Gasteiger partial charge in [-0.2, -0.15) is 0 Å². The Hall–Kier alpha value is -2.33. The Morgan fingerprint density at radius 3 is 2.71 bits per heavy atom. The van der Waals surface area contributed by atoms with Gasteiger partial charge in [-0.3, -0.25) is 4.99 Å². The molecule has 21 heavy (non-hydrogen) atoms. The van der Waals surface area contributed by atoms with Crippen molar-refractivity contribution in [2.24, 2.45) is 4.99 Å². The van der Waals surface area contributed by atoms with Gasteiger partial charge in [-0.05, 0) is 35.2 Å². The molecule has 0 amide bonds. The maximum Gasteiger partial charge on any atom is 0.119 e. The molecule has 1 heterocycles. The molecule has 2 aromatic carbocycles. The molecule has 1 atom stereocenters. The van der Waals surface area contributed by atoms with Gasteiger partial charge in [-0.15, -0.1) is 0 Å². The van der Waals surface area contributed by atoms with Crippen LogP contribution in [-0.4, -0.2) is 29.6 Å². The van der Waals surface area contributed by atoms with Crippen LogP contribution in [0.5, 0.6) is 11.5 Å². The number of benzene rings is 2. The first-order valence-electron chi connectivity index (χ1n) is 6.94. The van der Waals surface area contributed by atoms with E-state index in [1.165, 1.54) is 17.2 Å². The molecule has 2 aromatic rings. The van der Waals surface area contributed by atoms with Crippen molar-refractivity contribution < 1.29 is 14.9 Å². The molecule has 0 aromatic heterocycles. The van der Waals surface area contributed by atoms with E-state index in [-0.39, 0.29) is 17.6 Å². The molecule has 108 valence electrons. The van der Waals surface area contributed by atoms with Gasteiger partial charge in [-0.1, -0.05) is 24.3 Å². The third kappa shape index (κ3) is 3.23. The quantitative estimate of drug-likeness (QED) is 0.851. The minimum Gasteiger partial charge on any atom is -0.508 e. The van der Waals surface area contributed by atoms with Crippen LogP contribution in [0.15, 0.2) is 47.5 Å². The largest absolute Gasteiger partial charge is 0.508 e. The molecule has 0 bridgehead atoms.